The average Bonchev–Trinajstić information content (AvgIpc) is 2.94. The van der Waals surface area contributed by atoms with Gasteiger partial charge in [-0.15, -0.1) is 11.8 Å². The van der Waals surface area contributed by atoms with Gasteiger partial charge in [0.1, 0.15) is 5.69 Å². The molecule has 1 aromatic rings. The Bertz CT molecular complexity index is 476. The molecular weight excluding hydrogens is 264 g/mol. The van der Waals surface area contributed by atoms with E-state index in [0.29, 0.717) is 0 Å². The number of likely N-dealkylation sites (tertiary alicyclic amines) is 1. The van der Waals surface area contributed by atoms with E-state index >= 15 is 0 Å². The summed E-state index contributed by atoms with van der Waals surface area (Å²) < 4.78 is 0. The van der Waals surface area contributed by atoms with Crippen LogP contribution < -0.4 is 5.32 Å². The lowest BCUT2D eigenvalue weighted by atomic mass is 10.0. The second kappa shape index (κ2) is 6.79. The van der Waals surface area contributed by atoms with E-state index in [4.69, 9.17) is 0 Å². The van der Waals surface area contributed by atoms with E-state index in [1.807, 2.05) is 11.8 Å². The van der Waals surface area contributed by atoms with Crippen molar-refractivity contribution in [3.63, 3.8) is 0 Å². The highest BCUT2D eigenvalue weighted by molar-refractivity contribution is 8.02. The summed E-state index contributed by atoms with van der Waals surface area (Å²) in [4.78, 5) is 2.64. The monoisotopic (exact) mass is 289 g/mol. The van der Waals surface area contributed by atoms with Gasteiger partial charge in [-0.1, -0.05) is 12.1 Å². The molecule has 0 spiro atoms. The quantitative estimate of drug-likeness (QED) is 0.860. The van der Waals surface area contributed by atoms with Crippen LogP contribution in [0.4, 0.5) is 5.69 Å². The van der Waals surface area contributed by atoms with Crippen LogP contribution in [0.15, 0.2) is 35.2 Å². The first-order chi connectivity index (χ1) is 9.79. The molecule has 0 radical (unpaired) electrons. The van der Waals surface area contributed by atoms with Gasteiger partial charge in [-0.2, -0.15) is 0 Å². The Morgan fingerprint density at radius 3 is 2.85 bits per heavy atom. The van der Waals surface area contributed by atoms with E-state index < -0.39 is 0 Å². The molecule has 0 aromatic heterocycles. The Labute approximate surface area is 126 Å². The van der Waals surface area contributed by atoms with Gasteiger partial charge in [0.25, 0.3) is 0 Å². The van der Waals surface area contributed by atoms with Crippen LogP contribution in [0.5, 0.6) is 0 Å². The minimum Gasteiger partial charge on any atom is -0.311 e. The zero-order valence-electron chi connectivity index (χ0n) is 12.3. The zero-order chi connectivity index (χ0) is 13.8. The van der Waals surface area contributed by atoms with Crippen molar-refractivity contribution < 1.29 is 5.32 Å². The van der Waals surface area contributed by atoms with E-state index in [1.165, 1.54) is 55.9 Å². The normalized spacial score (nSPS) is 21.1. The predicted molar refractivity (Wildman–Crippen MR) is 87.4 cm³/mol. The minimum absolute atomic E-state index is 0.764. The molecule has 1 saturated heterocycles. The number of nitrogens with two attached hydrogens (primary N) is 1. The number of hydrogen-bond donors (Lipinski definition) is 1. The largest absolute Gasteiger partial charge is 0.311 e. The average molecular weight is 289 g/mol. The molecule has 1 fully saturated rings. The Hall–Kier alpha value is -0.770. The summed E-state index contributed by atoms with van der Waals surface area (Å²) >= 11 is 1.98. The van der Waals surface area contributed by atoms with E-state index in [1.54, 1.807) is 5.57 Å². The third-order valence-corrected chi connectivity index (χ3v) is 5.26. The molecule has 2 aliphatic rings. The predicted octanol–water partition coefficient (Wildman–Crippen LogP) is 2.68. The molecule has 0 unspecified atom stereocenters. The molecule has 108 valence electrons. The number of hydrogen-bond acceptors (Lipinski definition) is 2. The lowest BCUT2D eigenvalue weighted by Gasteiger charge is -2.30. The van der Waals surface area contributed by atoms with Crippen LogP contribution in [0.25, 0.3) is 0 Å². The lowest BCUT2D eigenvalue weighted by Crippen LogP contribution is -2.85. The van der Waals surface area contributed by atoms with Gasteiger partial charge in [0.05, 0.1) is 6.04 Å². The third kappa shape index (κ3) is 3.87. The Kier molecular flexibility index (Phi) is 4.81. The highest BCUT2D eigenvalue weighted by atomic mass is 32.2. The fraction of sp³-hybridized carbons (Fsp3) is 0.529. The van der Waals surface area contributed by atoms with Crippen LogP contribution in [0, 0.1) is 6.92 Å². The maximum atomic E-state index is 2.64. The van der Waals surface area contributed by atoms with E-state index in [2.05, 4.69) is 46.8 Å². The third-order valence-electron chi connectivity index (χ3n) is 4.32. The number of benzene rings is 1. The maximum Gasteiger partial charge on any atom is 0.130 e. The SMILES string of the molecule is Cc1cccc([NH2+]C2CCN(CC3=CSCC3)CC2)c1. The topological polar surface area (TPSA) is 19.9 Å². The summed E-state index contributed by atoms with van der Waals surface area (Å²) in [5.74, 6) is 1.30. The summed E-state index contributed by atoms with van der Waals surface area (Å²) in [7, 11) is 0. The molecule has 0 aliphatic carbocycles. The molecule has 2 N–H and O–H groups in total. The Balaban J connectivity index is 1.46. The Morgan fingerprint density at radius 1 is 1.30 bits per heavy atom. The second-order valence-corrected chi connectivity index (χ2v) is 7.07. The van der Waals surface area contributed by atoms with Crippen LogP contribution in [0.2, 0.25) is 0 Å². The van der Waals surface area contributed by atoms with Gasteiger partial charge in [0.2, 0.25) is 0 Å². The molecule has 0 bridgehead atoms. The Morgan fingerprint density at radius 2 is 2.15 bits per heavy atom. The van der Waals surface area contributed by atoms with Gasteiger partial charge >= 0.3 is 0 Å². The zero-order valence-corrected chi connectivity index (χ0v) is 13.2. The van der Waals surface area contributed by atoms with Crippen molar-refractivity contribution in [2.24, 2.45) is 0 Å². The van der Waals surface area contributed by atoms with Crippen LogP contribution in [0.3, 0.4) is 0 Å². The number of thioether (sulfide) groups is 1. The van der Waals surface area contributed by atoms with Crippen molar-refractivity contribution in [3.05, 3.63) is 40.8 Å². The number of piperidine rings is 1. The van der Waals surface area contributed by atoms with Crippen LogP contribution in [0.1, 0.15) is 24.8 Å². The van der Waals surface area contributed by atoms with E-state index in [0.717, 1.165) is 6.04 Å². The smallest absolute Gasteiger partial charge is 0.130 e. The molecular formula is C17H25N2S+. The molecule has 3 rings (SSSR count). The molecule has 0 atom stereocenters. The van der Waals surface area contributed by atoms with E-state index in [9.17, 15) is 0 Å². The molecule has 2 nitrogen and oxygen atoms in total. The van der Waals surface area contributed by atoms with Gasteiger partial charge in [0.15, 0.2) is 0 Å². The summed E-state index contributed by atoms with van der Waals surface area (Å²) in [5.41, 5.74) is 4.41. The lowest BCUT2D eigenvalue weighted by molar-refractivity contribution is -0.614. The van der Waals surface area contributed by atoms with Crippen LogP contribution in [-0.2, 0) is 0 Å². The minimum atomic E-state index is 0.764. The second-order valence-electron chi connectivity index (χ2n) is 6.09. The number of nitrogens with zero attached hydrogens (tertiary/aromatic N) is 1. The molecule has 2 aliphatic heterocycles. The highest BCUT2D eigenvalue weighted by Gasteiger charge is 2.22. The van der Waals surface area contributed by atoms with Gasteiger partial charge in [-0.3, -0.25) is 4.90 Å². The van der Waals surface area contributed by atoms with Crippen LogP contribution in [-0.4, -0.2) is 36.3 Å². The van der Waals surface area contributed by atoms with Gasteiger partial charge in [-0.05, 0) is 36.0 Å². The molecule has 0 saturated carbocycles. The van der Waals surface area contributed by atoms with Crippen LogP contribution >= 0.6 is 11.8 Å². The summed E-state index contributed by atoms with van der Waals surface area (Å²) in [6.07, 6.45) is 3.93. The molecule has 3 heteroatoms. The first-order valence-corrected chi connectivity index (χ1v) is 8.78. The molecule has 1 aromatic carbocycles. The van der Waals surface area contributed by atoms with Gasteiger partial charge in [-0.25, -0.2) is 0 Å². The van der Waals surface area contributed by atoms with Crippen molar-refractivity contribution in [3.8, 4) is 0 Å². The van der Waals surface area contributed by atoms with Gasteiger partial charge < -0.3 is 5.32 Å². The van der Waals surface area contributed by atoms with Crippen molar-refractivity contribution in [2.75, 3.05) is 25.4 Å². The van der Waals surface area contributed by atoms with Crippen molar-refractivity contribution in [1.82, 2.24) is 4.90 Å². The van der Waals surface area contributed by atoms with Crippen molar-refractivity contribution in [1.29, 1.82) is 0 Å². The van der Waals surface area contributed by atoms with Crippen molar-refractivity contribution >= 4 is 17.4 Å². The first kappa shape index (κ1) is 14.2. The molecule has 20 heavy (non-hydrogen) atoms. The standard InChI is InChI=1S/C17H24N2S/c1-14-3-2-4-17(11-14)18-16-5-8-19(9-6-16)12-15-7-10-20-13-15/h2-4,11,13,16,18H,5-10,12H2,1H3/p+1. The highest BCUT2D eigenvalue weighted by Crippen LogP contribution is 2.23. The number of aryl methyl sites for hydroxylation is 1. The molecule has 2 heterocycles. The number of rotatable bonds is 4. The maximum absolute atomic E-state index is 2.64. The molecule has 0 amide bonds. The van der Waals surface area contributed by atoms with Crippen molar-refractivity contribution in [2.45, 2.75) is 32.2 Å². The summed E-state index contributed by atoms with van der Waals surface area (Å²) in [6.45, 7) is 5.90. The fourth-order valence-corrected chi connectivity index (χ4v) is 4.08. The summed E-state index contributed by atoms with van der Waals surface area (Å²) in [6, 6.07) is 9.64. The van der Waals surface area contributed by atoms with Gasteiger partial charge in [0, 0.05) is 44.3 Å². The van der Waals surface area contributed by atoms with E-state index in [-0.39, 0.29) is 0 Å². The fourth-order valence-electron chi connectivity index (χ4n) is 3.15. The first-order valence-electron chi connectivity index (χ1n) is 7.73. The summed E-state index contributed by atoms with van der Waals surface area (Å²) in [5, 5.41) is 4.86. The number of quaternary nitrogens is 1.